The van der Waals surface area contributed by atoms with Gasteiger partial charge in [0.05, 0.1) is 0 Å². The van der Waals surface area contributed by atoms with Gasteiger partial charge in [-0.05, 0) is 39.9 Å². The summed E-state index contributed by atoms with van der Waals surface area (Å²) in [5.41, 5.74) is 7.20. The second kappa shape index (κ2) is 7.21. The lowest BCUT2D eigenvalue weighted by Crippen LogP contribution is -2.15. The lowest BCUT2D eigenvalue weighted by atomic mass is 9.81. The summed E-state index contributed by atoms with van der Waals surface area (Å²) < 4.78 is 0. The Morgan fingerprint density at radius 2 is 1.38 bits per heavy atom. The van der Waals surface area contributed by atoms with Gasteiger partial charge in [-0.25, -0.2) is 0 Å². The van der Waals surface area contributed by atoms with E-state index < -0.39 is 0 Å². The second-order valence-corrected chi connectivity index (χ2v) is 6.38. The normalized spacial score (nSPS) is 12.6. The van der Waals surface area contributed by atoms with Crippen molar-refractivity contribution in [2.45, 2.75) is 55.9 Å². The predicted molar refractivity (Wildman–Crippen MR) is 113 cm³/mol. The molecule has 24 heavy (non-hydrogen) atoms. The average molecular weight is 323 g/mol. The summed E-state index contributed by atoms with van der Waals surface area (Å²) in [6.07, 6.45) is 0. The van der Waals surface area contributed by atoms with Crippen molar-refractivity contribution in [1.82, 2.24) is 0 Å². The van der Waals surface area contributed by atoms with Crippen LogP contribution in [0.3, 0.4) is 0 Å². The van der Waals surface area contributed by atoms with Crippen molar-refractivity contribution in [3.63, 3.8) is 0 Å². The van der Waals surface area contributed by atoms with Crippen LogP contribution in [0.5, 0.6) is 0 Å². The highest BCUT2D eigenvalue weighted by atomic mass is 14.4. The van der Waals surface area contributed by atoms with E-state index in [1.54, 1.807) is 0 Å². The first-order chi connectivity index (χ1) is 9.59. The topological polar surface area (TPSA) is 0 Å². The van der Waals surface area contributed by atoms with Gasteiger partial charge in [0.1, 0.15) is 0 Å². The van der Waals surface area contributed by atoms with Crippen LogP contribution in [0.25, 0.3) is 21.9 Å². The van der Waals surface area contributed by atoms with Crippen LogP contribution in [0.15, 0.2) is 54.6 Å². The zero-order valence-electron chi connectivity index (χ0n) is 12.2. The first kappa shape index (κ1) is 21.9. The molecule has 0 bridgehead atoms. The van der Waals surface area contributed by atoms with Crippen LogP contribution in [-0.4, -0.2) is 0 Å². The van der Waals surface area contributed by atoms with Gasteiger partial charge in [0.2, 0.25) is 0 Å². The average Bonchev–Trinajstić information content (AvgIpc) is 2.68. The number of rotatable bonds is 0. The second-order valence-electron chi connectivity index (χ2n) is 6.38. The van der Waals surface area contributed by atoms with Crippen LogP contribution in [0.4, 0.5) is 0 Å². The lowest BCUT2D eigenvalue weighted by Gasteiger charge is -2.21. The highest BCUT2D eigenvalue weighted by molar-refractivity contribution is 6.02. The standard InChI is InChI=1S/C20H18.4CH4/c1-13-8-10-16-18(12-13)20(2,3)17-11-9-14-6-4-5-7-15(14)19(16)17;;;;/h4-12H,1-3H3;4*1H4. The number of hydrogen-bond donors (Lipinski definition) is 0. The molecule has 0 atom stereocenters. The summed E-state index contributed by atoms with van der Waals surface area (Å²) in [6.45, 7) is 6.86. The van der Waals surface area contributed by atoms with Crippen molar-refractivity contribution >= 4 is 10.8 Å². The van der Waals surface area contributed by atoms with Gasteiger partial charge in [0.15, 0.2) is 0 Å². The third-order valence-corrected chi connectivity index (χ3v) is 4.72. The largest absolute Gasteiger partial charge is 0.0776 e. The molecule has 0 heteroatoms. The monoisotopic (exact) mass is 322 g/mol. The summed E-state index contributed by atoms with van der Waals surface area (Å²) in [5.74, 6) is 0. The van der Waals surface area contributed by atoms with E-state index in [1.165, 1.54) is 38.6 Å². The minimum atomic E-state index is 0. The van der Waals surface area contributed by atoms with Crippen LogP contribution in [0.1, 0.15) is 60.2 Å². The van der Waals surface area contributed by atoms with E-state index in [2.05, 4.69) is 75.4 Å². The molecule has 0 aromatic heterocycles. The Kier molecular flexibility index (Phi) is 6.59. The van der Waals surface area contributed by atoms with Gasteiger partial charge in [0.25, 0.3) is 0 Å². The van der Waals surface area contributed by atoms with Crippen LogP contribution in [0.2, 0.25) is 0 Å². The molecule has 1 aliphatic rings. The third-order valence-electron chi connectivity index (χ3n) is 4.72. The van der Waals surface area contributed by atoms with Crippen LogP contribution in [-0.2, 0) is 5.41 Å². The van der Waals surface area contributed by atoms with E-state index in [4.69, 9.17) is 0 Å². The van der Waals surface area contributed by atoms with Crippen LogP contribution >= 0.6 is 0 Å². The maximum Gasteiger partial charge on any atom is 0.0159 e. The molecule has 0 fully saturated rings. The van der Waals surface area contributed by atoms with E-state index in [9.17, 15) is 0 Å². The third kappa shape index (κ3) is 2.75. The molecule has 0 nitrogen and oxygen atoms in total. The molecule has 0 aliphatic heterocycles. The van der Waals surface area contributed by atoms with E-state index in [-0.39, 0.29) is 35.1 Å². The minimum Gasteiger partial charge on any atom is -0.0776 e. The Balaban J connectivity index is 0.00000132. The minimum absolute atomic E-state index is 0. The number of aryl methyl sites for hydroxylation is 1. The van der Waals surface area contributed by atoms with Crippen molar-refractivity contribution in [2.24, 2.45) is 0 Å². The Labute approximate surface area is 149 Å². The summed E-state index contributed by atoms with van der Waals surface area (Å²) in [4.78, 5) is 0. The quantitative estimate of drug-likeness (QED) is 0.393. The van der Waals surface area contributed by atoms with Crippen molar-refractivity contribution in [3.8, 4) is 11.1 Å². The molecule has 4 rings (SSSR count). The molecule has 0 saturated carbocycles. The van der Waals surface area contributed by atoms with E-state index in [1.807, 2.05) is 0 Å². The maximum atomic E-state index is 2.35. The Morgan fingerprint density at radius 3 is 2.08 bits per heavy atom. The molecular weight excluding hydrogens is 288 g/mol. The molecule has 3 aromatic rings. The first-order valence-electron chi connectivity index (χ1n) is 7.23. The Hall–Kier alpha value is -2.08. The lowest BCUT2D eigenvalue weighted by molar-refractivity contribution is 0.660. The zero-order chi connectivity index (χ0) is 13.9. The summed E-state index contributed by atoms with van der Waals surface area (Å²) in [6, 6.07) is 20.2. The van der Waals surface area contributed by atoms with Gasteiger partial charge in [-0.2, -0.15) is 0 Å². The molecule has 0 N–H and O–H groups in total. The van der Waals surface area contributed by atoms with Crippen molar-refractivity contribution in [2.75, 3.05) is 0 Å². The molecule has 0 saturated heterocycles. The van der Waals surface area contributed by atoms with Gasteiger partial charge in [-0.1, -0.05) is 104 Å². The van der Waals surface area contributed by atoms with E-state index in [0.717, 1.165) is 0 Å². The molecule has 130 valence electrons. The van der Waals surface area contributed by atoms with Gasteiger partial charge in [-0.15, -0.1) is 0 Å². The SMILES string of the molecule is C.C.C.C.Cc1ccc2c(c1)C(C)(C)c1ccc3ccccc3c1-2. The maximum absolute atomic E-state index is 2.35. The summed E-state index contributed by atoms with van der Waals surface area (Å²) in [7, 11) is 0. The van der Waals surface area contributed by atoms with Crippen LogP contribution in [0, 0.1) is 6.92 Å². The fraction of sp³-hybridized carbons (Fsp3) is 0.333. The number of benzene rings is 3. The summed E-state index contributed by atoms with van der Waals surface area (Å²) >= 11 is 0. The zero-order valence-corrected chi connectivity index (χ0v) is 12.2. The molecule has 1 aliphatic carbocycles. The Bertz CT molecular complexity index is 838. The van der Waals surface area contributed by atoms with E-state index >= 15 is 0 Å². The molecular formula is C24H34. The Morgan fingerprint density at radius 1 is 0.708 bits per heavy atom. The van der Waals surface area contributed by atoms with Gasteiger partial charge < -0.3 is 0 Å². The highest BCUT2D eigenvalue weighted by Crippen LogP contribution is 2.51. The smallest absolute Gasteiger partial charge is 0.0159 e. The van der Waals surface area contributed by atoms with Gasteiger partial charge in [0, 0.05) is 5.41 Å². The number of hydrogen-bond acceptors (Lipinski definition) is 0. The van der Waals surface area contributed by atoms with E-state index in [0.29, 0.717) is 0 Å². The van der Waals surface area contributed by atoms with Crippen molar-refractivity contribution in [1.29, 1.82) is 0 Å². The first-order valence-corrected chi connectivity index (χ1v) is 7.23. The molecule has 0 radical (unpaired) electrons. The molecule has 0 unspecified atom stereocenters. The van der Waals surface area contributed by atoms with Gasteiger partial charge >= 0.3 is 0 Å². The van der Waals surface area contributed by atoms with Crippen LogP contribution < -0.4 is 0 Å². The summed E-state index contributed by atoms with van der Waals surface area (Å²) in [5, 5.41) is 2.70. The fourth-order valence-corrected chi connectivity index (χ4v) is 3.62. The molecule has 3 aromatic carbocycles. The fourth-order valence-electron chi connectivity index (χ4n) is 3.62. The van der Waals surface area contributed by atoms with Crippen molar-refractivity contribution < 1.29 is 0 Å². The number of fused-ring (bicyclic) bond motifs is 5. The molecule has 0 amide bonds. The van der Waals surface area contributed by atoms with Gasteiger partial charge in [-0.3, -0.25) is 0 Å². The van der Waals surface area contributed by atoms with Crippen molar-refractivity contribution in [3.05, 3.63) is 71.3 Å². The molecule has 0 heterocycles. The predicted octanol–water partition coefficient (Wildman–Crippen LogP) is 8.00. The highest BCUT2D eigenvalue weighted by Gasteiger charge is 2.36. The molecule has 0 spiro atoms.